The molecule has 0 saturated heterocycles. The molecular formula is C17H13BrClFO. The van der Waals surface area contributed by atoms with Crippen molar-refractivity contribution in [2.45, 2.75) is 18.9 Å². The average Bonchev–Trinajstić information content (AvgIpc) is 2.79. The first-order chi connectivity index (χ1) is 10.0. The van der Waals surface area contributed by atoms with Crippen LogP contribution >= 0.6 is 27.5 Å². The molecule has 4 heteroatoms. The summed E-state index contributed by atoms with van der Waals surface area (Å²) in [6.45, 7) is 6.22. The minimum atomic E-state index is -0.677. The summed E-state index contributed by atoms with van der Waals surface area (Å²) in [5, 5.41) is 0.0541. The van der Waals surface area contributed by atoms with E-state index in [9.17, 15) is 4.39 Å². The van der Waals surface area contributed by atoms with Gasteiger partial charge < -0.3 is 4.74 Å². The fraction of sp³-hybridized carbons (Fsp3) is 0.176. The number of halogens is 3. The van der Waals surface area contributed by atoms with Gasteiger partial charge in [0, 0.05) is 17.2 Å². The van der Waals surface area contributed by atoms with Gasteiger partial charge in [-0.3, -0.25) is 0 Å². The number of ether oxygens (including phenoxy) is 1. The van der Waals surface area contributed by atoms with E-state index in [2.05, 4.69) is 22.5 Å². The Balaban J connectivity index is 2.22. The lowest BCUT2D eigenvalue weighted by atomic mass is 9.83. The zero-order chi connectivity index (χ0) is 15.2. The van der Waals surface area contributed by atoms with E-state index in [1.807, 2.05) is 37.3 Å². The van der Waals surface area contributed by atoms with Gasteiger partial charge in [0.1, 0.15) is 11.6 Å². The number of benzene rings is 2. The van der Waals surface area contributed by atoms with E-state index < -0.39 is 11.4 Å². The molecule has 1 heterocycles. The van der Waals surface area contributed by atoms with Gasteiger partial charge in [0.25, 0.3) is 0 Å². The van der Waals surface area contributed by atoms with Gasteiger partial charge >= 0.3 is 0 Å². The van der Waals surface area contributed by atoms with E-state index in [1.165, 1.54) is 6.07 Å². The minimum Gasteiger partial charge on any atom is -0.477 e. The largest absolute Gasteiger partial charge is 0.477 e. The van der Waals surface area contributed by atoms with Crippen LogP contribution < -0.4 is 4.74 Å². The Labute approximate surface area is 136 Å². The van der Waals surface area contributed by atoms with Gasteiger partial charge in [-0.15, -0.1) is 0 Å². The Bertz CT molecular complexity index is 729. The summed E-state index contributed by atoms with van der Waals surface area (Å²) in [6, 6.07) is 11.2. The van der Waals surface area contributed by atoms with E-state index in [4.69, 9.17) is 16.3 Å². The molecule has 108 valence electrons. The van der Waals surface area contributed by atoms with Gasteiger partial charge in [-0.2, -0.15) is 0 Å². The van der Waals surface area contributed by atoms with Crippen molar-refractivity contribution in [3.63, 3.8) is 0 Å². The predicted octanol–water partition coefficient (Wildman–Crippen LogP) is 5.95. The van der Waals surface area contributed by atoms with Crippen molar-refractivity contribution in [3.8, 4) is 5.75 Å². The molecule has 0 spiro atoms. The normalized spacial score (nSPS) is 20.3. The van der Waals surface area contributed by atoms with Crippen LogP contribution in [-0.4, -0.2) is 0 Å². The summed E-state index contributed by atoms with van der Waals surface area (Å²) in [6.07, 6.45) is 0.691. The van der Waals surface area contributed by atoms with Gasteiger partial charge in [-0.1, -0.05) is 55.4 Å². The second-order valence-electron chi connectivity index (χ2n) is 4.99. The van der Waals surface area contributed by atoms with Crippen LogP contribution in [0.2, 0.25) is 5.02 Å². The molecule has 0 radical (unpaired) electrons. The number of hydrogen-bond acceptors (Lipinski definition) is 1. The zero-order valence-electron chi connectivity index (χ0n) is 11.4. The van der Waals surface area contributed by atoms with Crippen LogP contribution in [0.5, 0.6) is 5.75 Å². The number of rotatable bonds is 2. The van der Waals surface area contributed by atoms with Crippen LogP contribution in [0, 0.1) is 5.82 Å². The van der Waals surface area contributed by atoms with E-state index in [0.29, 0.717) is 16.6 Å². The Hall–Kier alpha value is -1.32. The van der Waals surface area contributed by atoms with Crippen molar-refractivity contribution in [1.29, 1.82) is 0 Å². The minimum absolute atomic E-state index is 0.0541. The standard InChI is InChI=1S/C17H13BrClFO/c1-3-17(11-7-5-4-6-8-11)10(2)14-13(21-17)9-12(20)16(19)15(14)18/h4-9H,2-3H2,1H3/t17-/m0/s1. The van der Waals surface area contributed by atoms with E-state index in [-0.39, 0.29) is 5.02 Å². The van der Waals surface area contributed by atoms with Crippen LogP contribution in [0.4, 0.5) is 4.39 Å². The highest BCUT2D eigenvalue weighted by atomic mass is 79.9. The number of fused-ring (bicyclic) bond motifs is 1. The second-order valence-corrected chi connectivity index (χ2v) is 6.16. The second kappa shape index (κ2) is 5.15. The molecule has 0 N–H and O–H groups in total. The highest BCUT2D eigenvalue weighted by Crippen LogP contribution is 2.54. The SMILES string of the molecule is C=C1c2c(cc(F)c(Cl)c2Br)O[C@]1(CC)c1ccccc1. The predicted molar refractivity (Wildman–Crippen MR) is 87.2 cm³/mol. The third-order valence-corrected chi connectivity index (χ3v) is 5.33. The van der Waals surface area contributed by atoms with Crippen molar-refractivity contribution < 1.29 is 9.13 Å². The van der Waals surface area contributed by atoms with Crippen molar-refractivity contribution in [1.82, 2.24) is 0 Å². The first-order valence-corrected chi connectivity index (χ1v) is 7.80. The maximum absolute atomic E-state index is 13.8. The number of hydrogen-bond donors (Lipinski definition) is 0. The molecule has 0 unspecified atom stereocenters. The summed E-state index contributed by atoms with van der Waals surface area (Å²) < 4.78 is 20.5. The molecule has 3 rings (SSSR count). The molecule has 1 aliphatic heterocycles. The molecule has 0 aliphatic carbocycles. The first kappa shape index (κ1) is 14.6. The van der Waals surface area contributed by atoms with E-state index in [0.717, 1.165) is 16.7 Å². The first-order valence-electron chi connectivity index (χ1n) is 6.63. The quantitative estimate of drug-likeness (QED) is 0.596. The third-order valence-electron chi connectivity index (χ3n) is 3.94. The molecule has 1 nitrogen and oxygen atoms in total. The van der Waals surface area contributed by atoms with Crippen LogP contribution in [-0.2, 0) is 5.60 Å². The lowest BCUT2D eigenvalue weighted by Crippen LogP contribution is -2.29. The fourth-order valence-electron chi connectivity index (χ4n) is 2.82. The highest BCUT2D eigenvalue weighted by Gasteiger charge is 2.44. The highest BCUT2D eigenvalue weighted by molar-refractivity contribution is 9.10. The molecular weight excluding hydrogens is 355 g/mol. The van der Waals surface area contributed by atoms with Crippen molar-refractivity contribution in [2.75, 3.05) is 0 Å². The molecule has 0 aromatic heterocycles. The summed E-state index contributed by atoms with van der Waals surface area (Å²) >= 11 is 9.35. The summed E-state index contributed by atoms with van der Waals surface area (Å²) in [4.78, 5) is 0. The zero-order valence-corrected chi connectivity index (χ0v) is 13.8. The topological polar surface area (TPSA) is 9.23 Å². The molecule has 0 amide bonds. The van der Waals surface area contributed by atoms with Crippen LogP contribution in [0.15, 0.2) is 47.4 Å². The van der Waals surface area contributed by atoms with Crippen LogP contribution in [0.25, 0.3) is 5.57 Å². The molecule has 2 aromatic carbocycles. The lowest BCUT2D eigenvalue weighted by molar-refractivity contribution is 0.142. The van der Waals surface area contributed by atoms with E-state index >= 15 is 0 Å². The molecule has 1 atom stereocenters. The summed E-state index contributed by atoms with van der Waals surface area (Å²) in [5.41, 5.74) is 1.85. The Morgan fingerprint density at radius 1 is 1.33 bits per heavy atom. The Morgan fingerprint density at radius 2 is 2.00 bits per heavy atom. The molecule has 0 saturated carbocycles. The Morgan fingerprint density at radius 3 is 2.62 bits per heavy atom. The lowest BCUT2D eigenvalue weighted by Gasteiger charge is -2.29. The average molecular weight is 368 g/mol. The van der Waals surface area contributed by atoms with Gasteiger partial charge in [0.2, 0.25) is 0 Å². The molecule has 2 aromatic rings. The monoisotopic (exact) mass is 366 g/mol. The van der Waals surface area contributed by atoms with Gasteiger partial charge in [-0.05, 0) is 27.9 Å². The van der Waals surface area contributed by atoms with Gasteiger partial charge in [0.05, 0.1) is 9.50 Å². The molecule has 1 aliphatic rings. The Kier molecular flexibility index (Phi) is 3.58. The van der Waals surface area contributed by atoms with Gasteiger partial charge in [-0.25, -0.2) is 4.39 Å². The van der Waals surface area contributed by atoms with Crippen LogP contribution in [0.1, 0.15) is 24.5 Å². The van der Waals surface area contributed by atoms with Crippen molar-refractivity contribution >= 4 is 33.1 Å². The van der Waals surface area contributed by atoms with Crippen molar-refractivity contribution in [3.05, 3.63) is 69.4 Å². The fourth-order valence-corrected chi connectivity index (χ4v) is 3.59. The molecule has 21 heavy (non-hydrogen) atoms. The van der Waals surface area contributed by atoms with Gasteiger partial charge in [0.15, 0.2) is 5.60 Å². The maximum Gasteiger partial charge on any atom is 0.159 e. The van der Waals surface area contributed by atoms with Crippen molar-refractivity contribution in [2.24, 2.45) is 0 Å². The van der Waals surface area contributed by atoms with Crippen LogP contribution in [0.3, 0.4) is 0 Å². The molecule has 0 bridgehead atoms. The van der Waals surface area contributed by atoms with E-state index in [1.54, 1.807) is 0 Å². The maximum atomic E-state index is 13.8. The third kappa shape index (κ3) is 2.02. The summed E-state index contributed by atoms with van der Waals surface area (Å²) in [5.74, 6) is -0.0328. The summed E-state index contributed by atoms with van der Waals surface area (Å²) in [7, 11) is 0. The molecule has 0 fully saturated rings. The smallest absolute Gasteiger partial charge is 0.159 e.